The molecule has 1 N–H and O–H groups in total. The highest BCUT2D eigenvalue weighted by Crippen LogP contribution is 2.43. The zero-order valence-electron chi connectivity index (χ0n) is 14.6. The van der Waals surface area contributed by atoms with Crippen LogP contribution in [0.1, 0.15) is 24.0 Å². The van der Waals surface area contributed by atoms with Gasteiger partial charge in [-0.2, -0.15) is 0 Å². The first-order chi connectivity index (χ1) is 12.9. The van der Waals surface area contributed by atoms with Crippen molar-refractivity contribution in [1.29, 1.82) is 0 Å². The average molecular weight is 371 g/mol. The van der Waals surface area contributed by atoms with Crippen LogP contribution in [0.4, 0.5) is 8.78 Å². The van der Waals surface area contributed by atoms with Gasteiger partial charge in [-0.15, -0.1) is 0 Å². The molecule has 2 aromatic rings. The molecule has 0 radical (unpaired) electrons. The van der Waals surface area contributed by atoms with Gasteiger partial charge in [-0.1, -0.05) is 18.2 Å². The molecule has 2 heterocycles. The summed E-state index contributed by atoms with van der Waals surface area (Å²) < 4.78 is 33.9. The summed E-state index contributed by atoms with van der Waals surface area (Å²) in [6, 6.07) is 10.9. The van der Waals surface area contributed by atoms with Crippen molar-refractivity contribution in [1.82, 2.24) is 4.90 Å². The highest BCUT2D eigenvalue weighted by molar-refractivity contribution is 5.84. The summed E-state index contributed by atoms with van der Waals surface area (Å²) in [5.74, 6) is -1.43. The number of rotatable bonds is 3. The topological polar surface area (TPSA) is 49.8 Å². The van der Waals surface area contributed by atoms with Gasteiger partial charge in [0.05, 0.1) is 6.54 Å². The maximum atomic E-state index is 13.8. The van der Waals surface area contributed by atoms with Gasteiger partial charge in [0.1, 0.15) is 23.0 Å². The van der Waals surface area contributed by atoms with E-state index >= 15 is 0 Å². The van der Waals surface area contributed by atoms with Gasteiger partial charge in [-0.25, -0.2) is 8.78 Å². The largest absolute Gasteiger partial charge is 0.482 e. The second kappa shape index (κ2) is 6.78. The van der Waals surface area contributed by atoms with Gasteiger partial charge in [0.15, 0.2) is 0 Å². The van der Waals surface area contributed by atoms with Crippen LogP contribution in [0.3, 0.4) is 0 Å². The van der Waals surface area contributed by atoms with Crippen LogP contribution in [0.2, 0.25) is 0 Å². The molecule has 4 nitrogen and oxygen atoms in total. The normalized spacial score (nSPS) is 18.5. The molecule has 1 spiro atoms. The van der Waals surface area contributed by atoms with E-state index in [9.17, 15) is 13.6 Å². The molecular formula is C21H19F2NO3. The van der Waals surface area contributed by atoms with Crippen molar-refractivity contribution in [2.24, 2.45) is 0 Å². The summed E-state index contributed by atoms with van der Waals surface area (Å²) in [4.78, 5) is 12.8. The van der Waals surface area contributed by atoms with Crippen molar-refractivity contribution in [3.63, 3.8) is 0 Å². The number of likely N-dealkylation sites (tertiary alicyclic amines) is 1. The Kier molecular flexibility index (Phi) is 4.44. The minimum absolute atomic E-state index is 0.00164. The van der Waals surface area contributed by atoms with Gasteiger partial charge in [0, 0.05) is 37.6 Å². The number of piperidine rings is 1. The van der Waals surface area contributed by atoms with Crippen molar-refractivity contribution in [2.45, 2.75) is 18.4 Å². The number of nitrogens with zero attached hydrogens (tertiary/aromatic N) is 1. The van der Waals surface area contributed by atoms with Gasteiger partial charge in [-0.05, 0) is 35.4 Å². The summed E-state index contributed by atoms with van der Waals surface area (Å²) in [7, 11) is 0. The van der Waals surface area contributed by atoms with Crippen LogP contribution in [0.5, 0.6) is 5.75 Å². The molecule has 140 valence electrons. The lowest BCUT2D eigenvalue weighted by atomic mass is 9.83. The second-order valence-electron chi connectivity index (χ2n) is 7.05. The molecule has 2 aliphatic rings. The second-order valence-corrected chi connectivity index (χ2v) is 7.05. The smallest absolute Gasteiger partial charge is 0.317 e. The third-order valence-corrected chi connectivity index (χ3v) is 5.13. The molecule has 0 aromatic heterocycles. The molecule has 0 aliphatic carbocycles. The van der Waals surface area contributed by atoms with E-state index in [1.54, 1.807) is 0 Å². The Morgan fingerprint density at radius 1 is 1.11 bits per heavy atom. The number of ether oxygens (including phenoxy) is 1. The molecule has 0 saturated carbocycles. The minimum atomic E-state index is -0.854. The van der Waals surface area contributed by atoms with Gasteiger partial charge >= 0.3 is 5.97 Å². The summed E-state index contributed by atoms with van der Waals surface area (Å²) in [5, 5.41) is 8.98. The van der Waals surface area contributed by atoms with Crippen molar-refractivity contribution >= 4 is 11.5 Å². The van der Waals surface area contributed by atoms with Crippen LogP contribution in [0.25, 0.3) is 5.57 Å². The van der Waals surface area contributed by atoms with Crippen LogP contribution in [-0.4, -0.2) is 41.2 Å². The first-order valence-electron chi connectivity index (χ1n) is 8.86. The van der Waals surface area contributed by atoms with Gasteiger partial charge in [-0.3, -0.25) is 9.69 Å². The summed E-state index contributed by atoms with van der Waals surface area (Å²) >= 11 is 0. The number of carbonyl (C=O) groups is 1. The predicted molar refractivity (Wildman–Crippen MR) is 96.5 cm³/mol. The van der Waals surface area contributed by atoms with Crippen molar-refractivity contribution in [3.05, 3.63) is 71.3 Å². The SMILES string of the molecule is O=C(O)CN1CCC2(C=C(c3cc(F)cc(F)c3)c3ccccc3O2)CC1. The van der Waals surface area contributed by atoms with Crippen LogP contribution in [0.15, 0.2) is 48.5 Å². The Morgan fingerprint density at radius 3 is 2.44 bits per heavy atom. The van der Waals surface area contributed by atoms with Crippen LogP contribution < -0.4 is 4.74 Å². The van der Waals surface area contributed by atoms with E-state index < -0.39 is 23.2 Å². The number of halogens is 2. The molecule has 1 saturated heterocycles. The van der Waals surface area contributed by atoms with E-state index in [4.69, 9.17) is 9.84 Å². The van der Waals surface area contributed by atoms with E-state index in [1.807, 2.05) is 35.2 Å². The van der Waals surface area contributed by atoms with Crippen molar-refractivity contribution < 1.29 is 23.4 Å². The molecule has 0 amide bonds. The molecule has 6 heteroatoms. The Labute approximate surface area is 155 Å². The van der Waals surface area contributed by atoms with E-state index in [0.717, 1.165) is 17.2 Å². The predicted octanol–water partition coefficient (Wildman–Crippen LogP) is 3.71. The maximum Gasteiger partial charge on any atom is 0.317 e. The molecule has 4 rings (SSSR count). The van der Waals surface area contributed by atoms with Crippen LogP contribution in [-0.2, 0) is 4.79 Å². The highest BCUT2D eigenvalue weighted by atomic mass is 19.1. The molecule has 0 bridgehead atoms. The zero-order valence-corrected chi connectivity index (χ0v) is 14.6. The lowest BCUT2D eigenvalue weighted by Gasteiger charge is -2.42. The standard InChI is InChI=1S/C21H19F2NO3/c22-15-9-14(10-16(23)11-15)18-12-21(27-19-4-2-1-3-17(18)19)5-7-24(8-6-21)13-20(25)26/h1-4,9-12H,5-8,13H2,(H,25,26). The molecule has 2 aromatic carbocycles. The van der Waals surface area contributed by atoms with Gasteiger partial charge in [0.25, 0.3) is 0 Å². The summed E-state index contributed by atoms with van der Waals surface area (Å²) in [6.45, 7) is 1.16. The lowest BCUT2D eigenvalue weighted by molar-refractivity contribution is -0.139. The Morgan fingerprint density at radius 2 is 1.78 bits per heavy atom. The Balaban J connectivity index is 1.72. The Bertz CT molecular complexity index is 897. The molecular weight excluding hydrogens is 352 g/mol. The third-order valence-electron chi connectivity index (χ3n) is 5.13. The number of carboxylic acid groups (broad SMARTS) is 1. The molecule has 0 atom stereocenters. The summed E-state index contributed by atoms with van der Waals surface area (Å²) in [5.41, 5.74) is 1.39. The molecule has 2 aliphatic heterocycles. The molecule has 27 heavy (non-hydrogen) atoms. The first-order valence-corrected chi connectivity index (χ1v) is 8.86. The number of para-hydroxylation sites is 1. The fourth-order valence-electron chi connectivity index (χ4n) is 3.84. The van der Waals surface area contributed by atoms with Gasteiger partial charge < -0.3 is 9.84 Å². The third kappa shape index (κ3) is 3.57. The maximum absolute atomic E-state index is 13.8. The van der Waals surface area contributed by atoms with Crippen LogP contribution >= 0.6 is 0 Å². The number of fused-ring (bicyclic) bond motifs is 1. The number of hydrogen-bond donors (Lipinski definition) is 1. The van der Waals surface area contributed by atoms with Crippen LogP contribution in [0, 0.1) is 11.6 Å². The molecule has 1 fully saturated rings. The monoisotopic (exact) mass is 371 g/mol. The highest BCUT2D eigenvalue weighted by Gasteiger charge is 2.39. The number of benzene rings is 2. The first kappa shape index (κ1) is 17.7. The van der Waals surface area contributed by atoms with E-state index in [1.165, 1.54) is 12.1 Å². The fraction of sp³-hybridized carbons (Fsp3) is 0.286. The van der Waals surface area contributed by atoms with Gasteiger partial charge in [0.2, 0.25) is 0 Å². The van der Waals surface area contributed by atoms with E-state index in [-0.39, 0.29) is 6.54 Å². The lowest BCUT2D eigenvalue weighted by Crippen LogP contribution is -2.49. The quantitative estimate of drug-likeness (QED) is 0.894. The van der Waals surface area contributed by atoms with E-state index in [0.29, 0.717) is 37.2 Å². The minimum Gasteiger partial charge on any atom is -0.482 e. The van der Waals surface area contributed by atoms with Crippen molar-refractivity contribution in [3.8, 4) is 5.75 Å². The average Bonchev–Trinajstić information content (AvgIpc) is 2.62. The number of hydrogen-bond acceptors (Lipinski definition) is 3. The number of carboxylic acids is 1. The zero-order chi connectivity index (χ0) is 19.0. The van der Waals surface area contributed by atoms with Crippen molar-refractivity contribution in [2.75, 3.05) is 19.6 Å². The molecule has 0 unspecified atom stereocenters. The Hall–Kier alpha value is -2.73. The summed E-state index contributed by atoms with van der Waals surface area (Å²) in [6.07, 6.45) is 3.16. The number of aliphatic carboxylic acids is 1. The van der Waals surface area contributed by atoms with E-state index in [2.05, 4.69) is 0 Å². The fourth-order valence-corrected chi connectivity index (χ4v) is 3.84.